The van der Waals surface area contributed by atoms with Gasteiger partial charge >= 0.3 is 5.97 Å². The first-order valence-electron chi connectivity index (χ1n) is 7.88. The maximum Gasteiger partial charge on any atom is 0.307 e. The number of nitrogens with zero attached hydrogens (tertiary/aromatic N) is 1. The van der Waals surface area contributed by atoms with Gasteiger partial charge in [-0.1, -0.05) is 48.0 Å². The zero-order valence-electron chi connectivity index (χ0n) is 13.9. The molecule has 0 saturated carbocycles. The number of hydrogen-bond donors (Lipinski definition) is 0. The van der Waals surface area contributed by atoms with Gasteiger partial charge in [-0.3, -0.25) is 4.79 Å². The summed E-state index contributed by atoms with van der Waals surface area (Å²) in [6.07, 6.45) is -0.0134. The molecule has 0 bridgehead atoms. The highest BCUT2D eigenvalue weighted by molar-refractivity contribution is 7.89. The first-order chi connectivity index (χ1) is 11.9. The largest absolute Gasteiger partial charge is 0.466 e. The van der Waals surface area contributed by atoms with Crippen LogP contribution in [0.25, 0.3) is 0 Å². The van der Waals surface area contributed by atoms with Gasteiger partial charge in [0.2, 0.25) is 10.0 Å². The Labute approximate surface area is 153 Å². The van der Waals surface area contributed by atoms with E-state index in [9.17, 15) is 13.2 Å². The topological polar surface area (TPSA) is 63.7 Å². The van der Waals surface area contributed by atoms with Crippen LogP contribution in [-0.2, 0) is 26.1 Å². The predicted octanol–water partition coefficient (Wildman–Crippen LogP) is 3.48. The summed E-state index contributed by atoms with van der Waals surface area (Å²) >= 11 is 5.93. The van der Waals surface area contributed by atoms with Crippen molar-refractivity contribution in [2.75, 3.05) is 13.2 Å². The van der Waals surface area contributed by atoms with E-state index in [1.165, 1.54) is 16.4 Å². The number of rotatable bonds is 8. The second-order valence-electron chi connectivity index (χ2n) is 5.34. The Morgan fingerprint density at radius 1 is 1.12 bits per heavy atom. The van der Waals surface area contributed by atoms with Crippen molar-refractivity contribution in [3.63, 3.8) is 0 Å². The van der Waals surface area contributed by atoms with Crippen LogP contribution in [0.2, 0.25) is 5.02 Å². The van der Waals surface area contributed by atoms with Crippen LogP contribution in [0.3, 0.4) is 0 Å². The van der Waals surface area contributed by atoms with Crippen LogP contribution in [-0.4, -0.2) is 31.8 Å². The highest BCUT2D eigenvalue weighted by Crippen LogP contribution is 2.22. The molecule has 25 heavy (non-hydrogen) atoms. The second kappa shape index (κ2) is 8.99. The van der Waals surface area contributed by atoms with E-state index in [-0.39, 0.29) is 31.0 Å². The van der Waals surface area contributed by atoms with E-state index in [1.807, 2.05) is 30.3 Å². The fourth-order valence-corrected chi connectivity index (χ4v) is 4.03. The standard InChI is InChI=1S/C18H20ClNO4S/c1-2-24-18(21)11-12-20(14-15-7-4-3-5-8-15)25(22,23)17-10-6-9-16(19)13-17/h3-10,13H,2,11-12,14H2,1H3. The number of ether oxygens (including phenoxy) is 1. The summed E-state index contributed by atoms with van der Waals surface area (Å²) in [4.78, 5) is 11.7. The Balaban J connectivity index is 2.27. The van der Waals surface area contributed by atoms with Gasteiger partial charge in [-0.2, -0.15) is 4.31 Å². The molecule has 0 saturated heterocycles. The van der Waals surface area contributed by atoms with E-state index >= 15 is 0 Å². The first-order valence-corrected chi connectivity index (χ1v) is 9.70. The van der Waals surface area contributed by atoms with Gasteiger partial charge in [0.05, 0.1) is 17.9 Å². The normalized spacial score (nSPS) is 11.5. The van der Waals surface area contributed by atoms with E-state index in [1.54, 1.807) is 19.1 Å². The van der Waals surface area contributed by atoms with Gasteiger partial charge in [-0.15, -0.1) is 0 Å². The molecule has 0 unspecified atom stereocenters. The van der Waals surface area contributed by atoms with Crippen molar-refractivity contribution in [2.24, 2.45) is 0 Å². The predicted molar refractivity (Wildman–Crippen MR) is 96.7 cm³/mol. The number of carbonyl (C=O) groups is 1. The smallest absolute Gasteiger partial charge is 0.307 e. The van der Waals surface area contributed by atoms with Crippen molar-refractivity contribution >= 4 is 27.6 Å². The van der Waals surface area contributed by atoms with Crippen molar-refractivity contribution in [3.05, 3.63) is 65.2 Å². The lowest BCUT2D eigenvalue weighted by atomic mass is 10.2. The number of hydrogen-bond acceptors (Lipinski definition) is 4. The Morgan fingerprint density at radius 3 is 2.48 bits per heavy atom. The van der Waals surface area contributed by atoms with Crippen molar-refractivity contribution in [2.45, 2.75) is 24.8 Å². The lowest BCUT2D eigenvalue weighted by molar-refractivity contribution is -0.143. The molecule has 2 rings (SSSR count). The van der Waals surface area contributed by atoms with Gasteiger partial charge in [0, 0.05) is 18.1 Å². The molecule has 0 aliphatic carbocycles. The Morgan fingerprint density at radius 2 is 1.84 bits per heavy atom. The fourth-order valence-electron chi connectivity index (χ4n) is 2.30. The number of benzene rings is 2. The summed E-state index contributed by atoms with van der Waals surface area (Å²) < 4.78 is 32.1. The summed E-state index contributed by atoms with van der Waals surface area (Å²) in [5.41, 5.74) is 0.831. The van der Waals surface area contributed by atoms with Crippen molar-refractivity contribution < 1.29 is 17.9 Å². The highest BCUT2D eigenvalue weighted by Gasteiger charge is 2.25. The monoisotopic (exact) mass is 381 g/mol. The molecular formula is C18H20ClNO4S. The molecule has 0 radical (unpaired) electrons. The van der Waals surface area contributed by atoms with E-state index in [0.29, 0.717) is 5.02 Å². The summed E-state index contributed by atoms with van der Waals surface area (Å²) in [6, 6.07) is 15.3. The number of halogens is 1. The molecule has 0 N–H and O–H groups in total. The van der Waals surface area contributed by atoms with Crippen LogP contribution < -0.4 is 0 Å². The Hall–Kier alpha value is -1.89. The van der Waals surface area contributed by atoms with E-state index in [0.717, 1.165) is 5.56 Å². The molecule has 0 fully saturated rings. The number of sulfonamides is 1. The molecule has 2 aromatic rings. The van der Waals surface area contributed by atoms with Gasteiger partial charge < -0.3 is 4.74 Å². The summed E-state index contributed by atoms with van der Waals surface area (Å²) in [7, 11) is -3.79. The Kier molecular flexibility index (Phi) is 6.99. The van der Waals surface area contributed by atoms with Crippen molar-refractivity contribution in [1.82, 2.24) is 4.31 Å². The minimum atomic E-state index is -3.79. The maximum atomic E-state index is 13.0. The first kappa shape index (κ1) is 19.4. The van der Waals surface area contributed by atoms with E-state index in [2.05, 4.69) is 0 Å². The maximum absolute atomic E-state index is 13.0. The zero-order chi connectivity index (χ0) is 18.3. The molecule has 0 amide bonds. The molecule has 0 atom stereocenters. The molecule has 0 aliphatic heterocycles. The number of carbonyl (C=O) groups excluding carboxylic acids is 1. The average molecular weight is 382 g/mol. The van der Waals surface area contributed by atoms with Crippen LogP contribution in [0, 0.1) is 0 Å². The second-order valence-corrected chi connectivity index (χ2v) is 7.71. The lowest BCUT2D eigenvalue weighted by Gasteiger charge is -2.22. The van der Waals surface area contributed by atoms with Crippen LogP contribution >= 0.6 is 11.6 Å². The molecular weight excluding hydrogens is 362 g/mol. The summed E-state index contributed by atoms with van der Waals surface area (Å²) in [5.74, 6) is -0.429. The quantitative estimate of drug-likeness (QED) is 0.656. The third-order valence-corrected chi connectivity index (χ3v) is 5.58. The van der Waals surface area contributed by atoms with Crippen LogP contribution in [0.5, 0.6) is 0 Å². The van der Waals surface area contributed by atoms with E-state index < -0.39 is 16.0 Å². The van der Waals surface area contributed by atoms with Gasteiger partial charge in [0.15, 0.2) is 0 Å². The van der Waals surface area contributed by atoms with Crippen LogP contribution in [0.15, 0.2) is 59.5 Å². The number of esters is 1. The minimum absolute atomic E-state index is 0.0134. The van der Waals surface area contributed by atoms with Crippen molar-refractivity contribution in [3.8, 4) is 0 Å². The summed E-state index contributed by atoms with van der Waals surface area (Å²) in [6.45, 7) is 2.17. The van der Waals surface area contributed by atoms with Gasteiger partial charge in [0.1, 0.15) is 0 Å². The van der Waals surface area contributed by atoms with Gasteiger partial charge in [-0.05, 0) is 30.7 Å². The van der Waals surface area contributed by atoms with Crippen LogP contribution in [0.1, 0.15) is 18.9 Å². The average Bonchev–Trinajstić information content (AvgIpc) is 2.59. The molecule has 5 nitrogen and oxygen atoms in total. The molecule has 7 heteroatoms. The molecule has 0 aliphatic rings. The molecule has 0 heterocycles. The van der Waals surface area contributed by atoms with Crippen LogP contribution in [0.4, 0.5) is 0 Å². The van der Waals surface area contributed by atoms with Crippen molar-refractivity contribution in [1.29, 1.82) is 0 Å². The Bertz CT molecular complexity index is 809. The molecule has 0 aromatic heterocycles. The lowest BCUT2D eigenvalue weighted by Crippen LogP contribution is -2.33. The zero-order valence-corrected chi connectivity index (χ0v) is 15.5. The van der Waals surface area contributed by atoms with Gasteiger partial charge in [-0.25, -0.2) is 8.42 Å². The molecule has 134 valence electrons. The SMILES string of the molecule is CCOC(=O)CCN(Cc1ccccc1)S(=O)(=O)c1cccc(Cl)c1. The summed E-state index contributed by atoms with van der Waals surface area (Å²) in [5, 5.41) is 0.339. The molecule has 0 spiro atoms. The fraction of sp³-hybridized carbons (Fsp3) is 0.278. The van der Waals surface area contributed by atoms with Gasteiger partial charge in [0.25, 0.3) is 0 Å². The highest BCUT2D eigenvalue weighted by atomic mass is 35.5. The van der Waals surface area contributed by atoms with E-state index in [4.69, 9.17) is 16.3 Å². The third kappa shape index (κ3) is 5.56. The molecule has 2 aromatic carbocycles. The minimum Gasteiger partial charge on any atom is -0.466 e. The third-order valence-electron chi connectivity index (χ3n) is 3.51.